The summed E-state index contributed by atoms with van der Waals surface area (Å²) in [5, 5.41) is -0.188. The quantitative estimate of drug-likeness (QED) is 0.301. The lowest BCUT2D eigenvalue weighted by molar-refractivity contribution is -0.137. The number of hydrogen-bond acceptors (Lipinski definition) is 3. The summed E-state index contributed by atoms with van der Waals surface area (Å²) < 4.78 is 42.8. The number of halogens is 5. The van der Waals surface area contributed by atoms with Crippen molar-refractivity contribution in [2.45, 2.75) is 25.9 Å². The van der Waals surface area contributed by atoms with Gasteiger partial charge in [0.25, 0.3) is 0 Å². The first-order chi connectivity index (χ1) is 11.3. The number of guanidine groups is 1. The fourth-order valence-electron chi connectivity index (χ4n) is 2.49. The molecule has 1 aliphatic rings. The topological polar surface area (TPSA) is 63.7 Å². The zero-order chi connectivity index (χ0) is 17.7. The normalized spacial score (nSPS) is 18.7. The number of likely N-dealkylation sites (tertiary alicyclic amines) is 1. The summed E-state index contributed by atoms with van der Waals surface area (Å²) in [6, 6.07) is 0.788. The van der Waals surface area contributed by atoms with Crippen LogP contribution < -0.4 is 10.5 Å². The Bertz CT molecular complexity index is 601. The van der Waals surface area contributed by atoms with Gasteiger partial charge in [-0.25, -0.2) is 9.98 Å². The monoisotopic (exact) mass is 492 g/mol. The first kappa shape index (κ1) is 22.1. The van der Waals surface area contributed by atoms with Crippen LogP contribution in [0.1, 0.15) is 25.3 Å². The van der Waals surface area contributed by atoms with Crippen molar-refractivity contribution in [3.63, 3.8) is 0 Å². The average Bonchev–Trinajstić information content (AvgIpc) is 2.51. The number of aromatic nitrogens is 1. The molecule has 1 aromatic rings. The summed E-state index contributed by atoms with van der Waals surface area (Å²) in [4.78, 5) is 9.85. The smallest absolute Gasteiger partial charge is 0.417 e. The van der Waals surface area contributed by atoms with Gasteiger partial charge in [-0.15, -0.1) is 24.0 Å². The Kier molecular flexibility index (Phi) is 8.52. The van der Waals surface area contributed by atoms with Crippen molar-refractivity contribution >= 4 is 41.5 Å². The molecule has 1 unspecified atom stereocenters. The lowest BCUT2D eigenvalue weighted by Crippen LogP contribution is -2.43. The first-order valence-corrected chi connectivity index (χ1v) is 8.05. The van der Waals surface area contributed by atoms with Crippen LogP contribution in [0.15, 0.2) is 17.3 Å². The van der Waals surface area contributed by atoms with Crippen molar-refractivity contribution < 1.29 is 17.9 Å². The zero-order valence-electron chi connectivity index (χ0n) is 13.7. The number of hydrogen-bond donors (Lipinski definition) is 1. The molecule has 1 fully saturated rings. The van der Waals surface area contributed by atoms with Gasteiger partial charge in [0.1, 0.15) is 11.6 Å². The van der Waals surface area contributed by atoms with Crippen LogP contribution in [0.25, 0.3) is 0 Å². The molecule has 2 N–H and O–H groups in total. The molecule has 1 atom stereocenters. The van der Waals surface area contributed by atoms with Gasteiger partial charge >= 0.3 is 6.18 Å². The van der Waals surface area contributed by atoms with Gasteiger partial charge < -0.3 is 15.4 Å². The van der Waals surface area contributed by atoms with E-state index in [2.05, 4.69) is 16.9 Å². The summed E-state index contributed by atoms with van der Waals surface area (Å²) in [6.45, 7) is 4.33. The highest BCUT2D eigenvalue weighted by atomic mass is 127. The third kappa shape index (κ3) is 6.69. The van der Waals surface area contributed by atoms with Crippen LogP contribution in [-0.2, 0) is 6.18 Å². The lowest BCUT2D eigenvalue weighted by Gasteiger charge is -2.31. The number of pyridine rings is 1. The van der Waals surface area contributed by atoms with E-state index in [1.807, 2.05) is 4.90 Å². The SMILES string of the molecule is CC1CCCN(C(N)=NCCOc2ncc(C(F)(F)F)cc2Cl)C1.I. The molecule has 0 radical (unpaired) electrons. The third-order valence-electron chi connectivity index (χ3n) is 3.72. The molecule has 10 heteroatoms. The van der Waals surface area contributed by atoms with Crippen LogP contribution in [0.4, 0.5) is 13.2 Å². The fourth-order valence-corrected chi connectivity index (χ4v) is 2.71. The van der Waals surface area contributed by atoms with Crippen molar-refractivity contribution in [3.05, 3.63) is 22.8 Å². The molecule has 2 heterocycles. The van der Waals surface area contributed by atoms with E-state index >= 15 is 0 Å². The predicted octanol–water partition coefficient (Wildman–Crippen LogP) is 3.80. The molecule has 2 rings (SSSR count). The van der Waals surface area contributed by atoms with Crippen molar-refractivity contribution in [1.82, 2.24) is 9.88 Å². The summed E-state index contributed by atoms with van der Waals surface area (Å²) in [7, 11) is 0. The second-order valence-corrected chi connectivity index (χ2v) is 6.20. The van der Waals surface area contributed by atoms with Crippen LogP contribution in [0, 0.1) is 5.92 Å². The number of ether oxygens (including phenoxy) is 1. The maximum absolute atomic E-state index is 12.5. The summed E-state index contributed by atoms with van der Waals surface area (Å²) >= 11 is 5.76. The maximum Gasteiger partial charge on any atom is 0.417 e. The Labute approximate surface area is 166 Å². The van der Waals surface area contributed by atoms with Gasteiger partial charge in [0.15, 0.2) is 5.96 Å². The van der Waals surface area contributed by atoms with E-state index in [-0.39, 0.29) is 48.0 Å². The molecular weight excluding hydrogens is 472 g/mol. The maximum atomic E-state index is 12.5. The average molecular weight is 493 g/mol. The first-order valence-electron chi connectivity index (χ1n) is 7.67. The number of aliphatic imine (C=N–C) groups is 1. The molecule has 0 aliphatic carbocycles. The second kappa shape index (κ2) is 9.65. The van der Waals surface area contributed by atoms with Crippen LogP contribution in [0.2, 0.25) is 5.02 Å². The zero-order valence-corrected chi connectivity index (χ0v) is 16.8. The number of nitrogens with zero attached hydrogens (tertiary/aromatic N) is 3. The summed E-state index contributed by atoms with van der Waals surface area (Å²) in [5.74, 6) is 0.987. The Morgan fingerprint density at radius 3 is 2.84 bits per heavy atom. The Morgan fingerprint density at radius 2 is 2.24 bits per heavy atom. The Hall–Kier alpha value is -0.970. The Balaban J connectivity index is 0.00000312. The van der Waals surface area contributed by atoms with Crippen molar-refractivity contribution in [3.8, 4) is 5.88 Å². The van der Waals surface area contributed by atoms with Gasteiger partial charge in [-0.2, -0.15) is 13.2 Å². The highest BCUT2D eigenvalue weighted by Gasteiger charge is 2.31. The number of alkyl halides is 3. The number of nitrogens with two attached hydrogens (primary N) is 1. The van der Waals surface area contributed by atoms with E-state index < -0.39 is 11.7 Å². The van der Waals surface area contributed by atoms with E-state index in [0.717, 1.165) is 25.6 Å². The lowest BCUT2D eigenvalue weighted by atomic mass is 10.0. The van der Waals surface area contributed by atoms with E-state index in [0.29, 0.717) is 18.1 Å². The van der Waals surface area contributed by atoms with E-state index in [1.54, 1.807) is 0 Å². The van der Waals surface area contributed by atoms with Crippen LogP contribution in [0.3, 0.4) is 0 Å². The highest BCUT2D eigenvalue weighted by Crippen LogP contribution is 2.33. The molecule has 142 valence electrons. The minimum atomic E-state index is -4.49. The highest BCUT2D eigenvalue weighted by molar-refractivity contribution is 14.0. The van der Waals surface area contributed by atoms with Crippen LogP contribution in [-0.4, -0.2) is 42.1 Å². The third-order valence-corrected chi connectivity index (χ3v) is 3.99. The molecule has 0 aromatic carbocycles. The number of piperidine rings is 1. The molecule has 1 saturated heterocycles. The largest absolute Gasteiger partial charge is 0.475 e. The standard InChI is InChI=1S/C15H20ClF3N4O.HI/c1-10-3-2-5-23(9-10)14(20)21-4-6-24-13-12(16)7-11(8-22-13)15(17,18)19;/h7-8,10H,2-6,9H2,1H3,(H2,20,21);1H. The van der Waals surface area contributed by atoms with Gasteiger partial charge in [-0.1, -0.05) is 18.5 Å². The van der Waals surface area contributed by atoms with Crippen molar-refractivity contribution in [1.29, 1.82) is 0 Å². The molecule has 1 aromatic heterocycles. The van der Waals surface area contributed by atoms with E-state index in [4.69, 9.17) is 22.1 Å². The molecule has 0 spiro atoms. The summed E-state index contributed by atoms with van der Waals surface area (Å²) in [6.07, 6.45) is -1.53. The molecule has 0 bridgehead atoms. The number of rotatable bonds is 4. The van der Waals surface area contributed by atoms with Crippen molar-refractivity contribution in [2.24, 2.45) is 16.6 Å². The Morgan fingerprint density at radius 1 is 1.52 bits per heavy atom. The van der Waals surface area contributed by atoms with Gasteiger partial charge in [0, 0.05) is 19.3 Å². The summed E-state index contributed by atoms with van der Waals surface area (Å²) in [5.41, 5.74) is 5.03. The minimum Gasteiger partial charge on any atom is -0.475 e. The second-order valence-electron chi connectivity index (χ2n) is 5.79. The predicted molar refractivity (Wildman–Crippen MR) is 102 cm³/mol. The van der Waals surface area contributed by atoms with Crippen molar-refractivity contribution in [2.75, 3.05) is 26.2 Å². The van der Waals surface area contributed by atoms with Gasteiger partial charge in [0.05, 0.1) is 12.1 Å². The van der Waals surface area contributed by atoms with E-state index in [9.17, 15) is 13.2 Å². The molecular formula is C15H21ClF3IN4O. The minimum absolute atomic E-state index is 0. The molecule has 0 amide bonds. The van der Waals surface area contributed by atoms with E-state index in [1.165, 1.54) is 6.42 Å². The molecule has 25 heavy (non-hydrogen) atoms. The molecule has 5 nitrogen and oxygen atoms in total. The van der Waals surface area contributed by atoms with Crippen LogP contribution in [0.5, 0.6) is 5.88 Å². The fraction of sp³-hybridized carbons (Fsp3) is 0.600. The molecule has 1 aliphatic heterocycles. The van der Waals surface area contributed by atoms with Crippen LogP contribution >= 0.6 is 35.6 Å². The molecule has 0 saturated carbocycles. The van der Waals surface area contributed by atoms with Gasteiger partial charge in [-0.05, 0) is 24.8 Å². The van der Waals surface area contributed by atoms with Gasteiger partial charge in [-0.3, -0.25) is 0 Å². The van der Waals surface area contributed by atoms with Gasteiger partial charge in [0.2, 0.25) is 5.88 Å².